The third kappa shape index (κ3) is 2.45. The molecule has 3 nitrogen and oxygen atoms in total. The van der Waals surface area contributed by atoms with Crippen molar-refractivity contribution >= 4 is 11.7 Å². The van der Waals surface area contributed by atoms with Gasteiger partial charge in [-0.2, -0.15) is 0 Å². The predicted molar refractivity (Wildman–Crippen MR) is 74.7 cm³/mol. The van der Waals surface area contributed by atoms with Gasteiger partial charge in [0.15, 0.2) is 0 Å². The lowest BCUT2D eigenvalue weighted by molar-refractivity contribution is 0.0697. The van der Waals surface area contributed by atoms with E-state index >= 15 is 0 Å². The van der Waals surface area contributed by atoms with E-state index in [1.807, 2.05) is 12.1 Å². The van der Waals surface area contributed by atoms with Crippen LogP contribution in [0, 0.1) is 0 Å². The van der Waals surface area contributed by atoms with Gasteiger partial charge in [-0.1, -0.05) is 24.3 Å². The number of fused-ring (bicyclic) bond motifs is 1. The zero-order valence-electron chi connectivity index (χ0n) is 10.5. The van der Waals surface area contributed by atoms with E-state index < -0.39 is 5.97 Å². The number of rotatable bonds is 3. The van der Waals surface area contributed by atoms with E-state index in [1.54, 1.807) is 12.1 Å². The highest BCUT2D eigenvalue weighted by Gasteiger charge is 2.20. The number of carboxylic acid groups (broad SMARTS) is 1. The summed E-state index contributed by atoms with van der Waals surface area (Å²) in [6, 6.07) is 15.8. The molecule has 1 aliphatic carbocycles. The van der Waals surface area contributed by atoms with Gasteiger partial charge in [0.05, 0.1) is 5.56 Å². The van der Waals surface area contributed by atoms with Crippen LogP contribution in [0.25, 0.3) is 0 Å². The number of aromatic carboxylic acids is 1. The van der Waals surface area contributed by atoms with Crippen LogP contribution in [0.3, 0.4) is 0 Å². The van der Waals surface area contributed by atoms with Crippen molar-refractivity contribution in [1.82, 2.24) is 0 Å². The molecule has 96 valence electrons. The Balaban J connectivity index is 1.69. The molecule has 0 aliphatic heterocycles. The van der Waals surface area contributed by atoms with Crippen molar-refractivity contribution < 1.29 is 9.90 Å². The summed E-state index contributed by atoms with van der Waals surface area (Å²) in [5.41, 5.74) is 4.10. The number of carboxylic acids is 1. The van der Waals surface area contributed by atoms with Crippen molar-refractivity contribution in [1.29, 1.82) is 0 Å². The molecule has 19 heavy (non-hydrogen) atoms. The van der Waals surface area contributed by atoms with Gasteiger partial charge in [-0.3, -0.25) is 0 Å². The van der Waals surface area contributed by atoms with Crippen molar-refractivity contribution in [2.75, 3.05) is 5.32 Å². The van der Waals surface area contributed by atoms with E-state index in [1.165, 1.54) is 11.1 Å². The maximum absolute atomic E-state index is 10.8. The molecule has 0 atom stereocenters. The van der Waals surface area contributed by atoms with Crippen LogP contribution in [0.1, 0.15) is 21.5 Å². The Morgan fingerprint density at radius 1 is 1.00 bits per heavy atom. The summed E-state index contributed by atoms with van der Waals surface area (Å²) in [5.74, 6) is -0.889. The molecule has 1 aliphatic rings. The molecule has 0 amide bonds. The third-order valence-corrected chi connectivity index (χ3v) is 3.55. The average molecular weight is 253 g/mol. The summed E-state index contributed by atoms with van der Waals surface area (Å²) in [7, 11) is 0. The van der Waals surface area contributed by atoms with E-state index in [0.29, 0.717) is 11.6 Å². The van der Waals surface area contributed by atoms with E-state index in [4.69, 9.17) is 5.11 Å². The molecule has 0 radical (unpaired) electrons. The Morgan fingerprint density at radius 2 is 1.58 bits per heavy atom. The molecule has 0 spiro atoms. The van der Waals surface area contributed by atoms with Gasteiger partial charge in [-0.25, -0.2) is 4.79 Å². The first-order valence-corrected chi connectivity index (χ1v) is 6.39. The highest BCUT2D eigenvalue weighted by Crippen LogP contribution is 2.24. The second kappa shape index (κ2) is 4.76. The van der Waals surface area contributed by atoms with Gasteiger partial charge in [0.25, 0.3) is 0 Å². The van der Waals surface area contributed by atoms with E-state index in [-0.39, 0.29) is 0 Å². The number of anilines is 1. The van der Waals surface area contributed by atoms with Crippen LogP contribution in [0.5, 0.6) is 0 Å². The molecule has 0 aromatic heterocycles. The number of hydrogen-bond donors (Lipinski definition) is 2. The van der Waals surface area contributed by atoms with Gasteiger partial charge in [0.2, 0.25) is 0 Å². The zero-order valence-corrected chi connectivity index (χ0v) is 10.5. The Kier molecular flexibility index (Phi) is 2.95. The highest BCUT2D eigenvalue weighted by atomic mass is 16.4. The topological polar surface area (TPSA) is 49.3 Å². The van der Waals surface area contributed by atoms with E-state index in [9.17, 15) is 4.79 Å². The normalized spacial score (nSPS) is 14.1. The summed E-state index contributed by atoms with van der Waals surface area (Å²) in [6.45, 7) is 0. The Morgan fingerprint density at radius 3 is 2.11 bits per heavy atom. The van der Waals surface area contributed by atoms with Crippen LogP contribution >= 0.6 is 0 Å². The summed E-state index contributed by atoms with van der Waals surface area (Å²) < 4.78 is 0. The largest absolute Gasteiger partial charge is 0.478 e. The quantitative estimate of drug-likeness (QED) is 0.884. The van der Waals surface area contributed by atoms with Crippen molar-refractivity contribution in [2.45, 2.75) is 18.9 Å². The Bertz CT molecular complexity index is 579. The van der Waals surface area contributed by atoms with Crippen LogP contribution in [0.15, 0.2) is 48.5 Å². The summed E-state index contributed by atoms with van der Waals surface area (Å²) in [6.07, 6.45) is 2.05. The molecule has 0 bridgehead atoms. The maximum atomic E-state index is 10.8. The molecule has 0 saturated carbocycles. The van der Waals surface area contributed by atoms with Gasteiger partial charge < -0.3 is 10.4 Å². The second-order valence-electron chi connectivity index (χ2n) is 4.90. The number of nitrogens with one attached hydrogen (secondary N) is 1. The molecule has 0 fully saturated rings. The fraction of sp³-hybridized carbons (Fsp3) is 0.188. The first kappa shape index (κ1) is 11.8. The fourth-order valence-electron chi connectivity index (χ4n) is 2.61. The minimum atomic E-state index is -0.889. The molecule has 2 aromatic carbocycles. The third-order valence-electron chi connectivity index (χ3n) is 3.55. The summed E-state index contributed by atoms with van der Waals surface area (Å²) in [4.78, 5) is 10.8. The van der Waals surface area contributed by atoms with E-state index in [2.05, 4.69) is 29.6 Å². The summed E-state index contributed by atoms with van der Waals surface area (Å²) in [5, 5.41) is 12.3. The first-order chi connectivity index (χ1) is 9.22. The number of carbonyl (C=O) groups is 1. The molecular weight excluding hydrogens is 238 g/mol. The van der Waals surface area contributed by atoms with Gasteiger partial charge in [-0.05, 0) is 48.2 Å². The van der Waals surface area contributed by atoms with Gasteiger partial charge in [0.1, 0.15) is 0 Å². The first-order valence-electron chi connectivity index (χ1n) is 6.39. The predicted octanol–water partition coefficient (Wildman–Crippen LogP) is 2.96. The standard InChI is InChI=1S/C16H15NO2/c18-16(19)11-5-7-14(8-6-11)17-15-9-12-3-1-2-4-13(12)10-15/h1-8,15,17H,9-10H2,(H,18,19). The van der Waals surface area contributed by atoms with Crippen LogP contribution in [-0.2, 0) is 12.8 Å². The van der Waals surface area contributed by atoms with Crippen LogP contribution in [0.4, 0.5) is 5.69 Å². The fourth-order valence-corrected chi connectivity index (χ4v) is 2.61. The minimum absolute atomic E-state index is 0.320. The molecule has 3 heteroatoms. The lowest BCUT2D eigenvalue weighted by Gasteiger charge is -2.13. The molecule has 0 unspecified atom stereocenters. The molecule has 0 heterocycles. The zero-order chi connectivity index (χ0) is 13.2. The smallest absolute Gasteiger partial charge is 0.335 e. The molecular formula is C16H15NO2. The maximum Gasteiger partial charge on any atom is 0.335 e. The van der Waals surface area contributed by atoms with Crippen LogP contribution in [0.2, 0.25) is 0 Å². The van der Waals surface area contributed by atoms with Gasteiger partial charge >= 0.3 is 5.97 Å². The lowest BCUT2D eigenvalue weighted by Crippen LogP contribution is -2.19. The van der Waals surface area contributed by atoms with Crippen molar-refractivity contribution in [2.24, 2.45) is 0 Å². The van der Waals surface area contributed by atoms with Crippen LogP contribution < -0.4 is 5.32 Å². The molecule has 3 rings (SSSR count). The van der Waals surface area contributed by atoms with Crippen LogP contribution in [-0.4, -0.2) is 17.1 Å². The number of benzene rings is 2. The van der Waals surface area contributed by atoms with Crippen molar-refractivity contribution in [3.05, 3.63) is 65.2 Å². The lowest BCUT2D eigenvalue weighted by atomic mass is 10.1. The molecule has 2 aromatic rings. The van der Waals surface area contributed by atoms with Crippen molar-refractivity contribution in [3.8, 4) is 0 Å². The van der Waals surface area contributed by atoms with E-state index in [0.717, 1.165) is 18.5 Å². The monoisotopic (exact) mass is 253 g/mol. The molecule has 2 N–H and O–H groups in total. The van der Waals surface area contributed by atoms with Crippen molar-refractivity contribution in [3.63, 3.8) is 0 Å². The van der Waals surface area contributed by atoms with Gasteiger partial charge in [0, 0.05) is 11.7 Å². The minimum Gasteiger partial charge on any atom is -0.478 e. The Hall–Kier alpha value is -2.29. The number of hydrogen-bond acceptors (Lipinski definition) is 2. The summed E-state index contributed by atoms with van der Waals surface area (Å²) >= 11 is 0. The molecule has 0 saturated heterocycles. The van der Waals surface area contributed by atoms with Gasteiger partial charge in [-0.15, -0.1) is 0 Å². The second-order valence-corrected chi connectivity index (χ2v) is 4.90. The highest BCUT2D eigenvalue weighted by molar-refractivity contribution is 5.88. The average Bonchev–Trinajstić information content (AvgIpc) is 2.81. The Labute approximate surface area is 111 Å². The SMILES string of the molecule is O=C(O)c1ccc(NC2Cc3ccccc3C2)cc1.